The van der Waals surface area contributed by atoms with E-state index >= 15 is 0 Å². The summed E-state index contributed by atoms with van der Waals surface area (Å²) in [5.41, 5.74) is 10.3. The number of aromatic nitrogens is 5. The van der Waals surface area contributed by atoms with E-state index in [2.05, 4.69) is 70.8 Å². The summed E-state index contributed by atoms with van der Waals surface area (Å²) in [4.78, 5) is 13.3. The first-order valence-electron chi connectivity index (χ1n) is 16.5. The van der Waals surface area contributed by atoms with Crippen molar-refractivity contribution in [3.05, 3.63) is 175 Å². The molecule has 0 spiro atoms. The molecule has 2 aromatic carbocycles. The Morgan fingerprint density at radius 1 is 0.980 bits per heavy atom. The number of allylic oxidation sites excluding steroid dienone is 7. The van der Waals surface area contributed by atoms with Gasteiger partial charge in [0.15, 0.2) is 11.5 Å². The van der Waals surface area contributed by atoms with Crippen molar-refractivity contribution in [2.45, 2.75) is 40.7 Å². The van der Waals surface area contributed by atoms with Crippen molar-refractivity contribution < 1.29 is 4.39 Å². The number of aryl methyl sites for hydroxylation is 1. The fourth-order valence-corrected chi connectivity index (χ4v) is 5.31. The van der Waals surface area contributed by atoms with E-state index in [0.717, 1.165) is 45.0 Å². The van der Waals surface area contributed by atoms with Crippen LogP contribution in [0.5, 0.6) is 0 Å². The summed E-state index contributed by atoms with van der Waals surface area (Å²) in [5, 5.41) is 14.1. The van der Waals surface area contributed by atoms with Gasteiger partial charge in [-0.1, -0.05) is 82.1 Å². The average molecular weight is 670 g/mol. The van der Waals surface area contributed by atoms with Gasteiger partial charge in [0, 0.05) is 35.6 Å². The average Bonchev–Trinajstić information content (AvgIpc) is 3.73. The third-order valence-electron chi connectivity index (χ3n) is 7.42. The predicted molar refractivity (Wildman–Crippen MR) is 210 cm³/mol. The first-order chi connectivity index (χ1) is 24.3. The predicted octanol–water partition coefficient (Wildman–Crippen LogP) is 9.78. The van der Waals surface area contributed by atoms with Crippen LogP contribution in [0.15, 0.2) is 135 Å². The van der Waals surface area contributed by atoms with Crippen molar-refractivity contribution in [3.8, 4) is 11.5 Å². The second kappa shape index (κ2) is 19.2. The molecule has 0 saturated heterocycles. The Bertz CT molecular complexity index is 2010. The van der Waals surface area contributed by atoms with Crippen LogP contribution in [0.3, 0.4) is 0 Å². The molecule has 0 saturated carbocycles. The van der Waals surface area contributed by atoms with Gasteiger partial charge >= 0.3 is 0 Å². The first-order valence-corrected chi connectivity index (χ1v) is 16.5. The Kier molecular flexibility index (Phi) is 14.8. The molecule has 50 heavy (non-hydrogen) atoms. The van der Waals surface area contributed by atoms with E-state index in [1.807, 2.05) is 89.4 Å². The van der Waals surface area contributed by atoms with Crippen molar-refractivity contribution in [2.75, 3.05) is 7.05 Å². The molecule has 0 aliphatic heterocycles. The number of fused-ring (bicyclic) bond motifs is 1. The molecule has 0 aliphatic rings. The Morgan fingerprint density at radius 2 is 1.72 bits per heavy atom. The summed E-state index contributed by atoms with van der Waals surface area (Å²) >= 11 is 0. The lowest BCUT2D eigenvalue weighted by Crippen LogP contribution is -2.12. The van der Waals surface area contributed by atoms with Crippen LogP contribution in [0.1, 0.15) is 54.5 Å². The Labute approximate surface area is 295 Å². The molecule has 0 fully saturated rings. The van der Waals surface area contributed by atoms with E-state index in [0.29, 0.717) is 41.3 Å². The topological polar surface area (TPSA) is 94.3 Å². The fraction of sp³-hybridized carbons (Fsp3) is 0.167. The maximum absolute atomic E-state index is 14.6. The second-order valence-corrected chi connectivity index (χ2v) is 10.9. The molecular weight excluding hydrogens is 622 g/mol. The molecule has 3 heterocycles. The van der Waals surface area contributed by atoms with Gasteiger partial charge in [0.05, 0.1) is 16.9 Å². The van der Waals surface area contributed by atoms with E-state index in [4.69, 9.17) is 9.97 Å². The zero-order chi connectivity index (χ0) is 36.6. The molecule has 0 unspecified atom stereocenters. The largest absolute Gasteiger partial charge is 0.359 e. The zero-order valence-corrected chi connectivity index (χ0v) is 29.8. The molecule has 8 heteroatoms. The van der Waals surface area contributed by atoms with Crippen LogP contribution in [0.25, 0.3) is 33.7 Å². The fourth-order valence-electron chi connectivity index (χ4n) is 5.31. The van der Waals surface area contributed by atoms with E-state index in [1.54, 1.807) is 12.2 Å². The van der Waals surface area contributed by atoms with Crippen molar-refractivity contribution in [3.63, 3.8) is 0 Å². The molecule has 7 nitrogen and oxygen atoms in total. The quantitative estimate of drug-likeness (QED) is 0.0740. The molecule has 3 aromatic heterocycles. The van der Waals surface area contributed by atoms with Gasteiger partial charge in [-0.2, -0.15) is 5.10 Å². The highest BCUT2D eigenvalue weighted by atomic mass is 19.1. The third-order valence-corrected chi connectivity index (χ3v) is 7.42. The Morgan fingerprint density at radius 3 is 2.38 bits per heavy atom. The monoisotopic (exact) mass is 669 g/mol. The van der Waals surface area contributed by atoms with Crippen molar-refractivity contribution in [2.24, 2.45) is 0 Å². The lowest BCUT2D eigenvalue weighted by molar-refractivity contribution is 0.623. The smallest absolute Gasteiger partial charge is 0.161 e. The highest BCUT2D eigenvalue weighted by molar-refractivity contribution is 5.90. The van der Waals surface area contributed by atoms with Crippen LogP contribution in [0.2, 0.25) is 0 Å². The van der Waals surface area contributed by atoms with Gasteiger partial charge in [-0.05, 0) is 85.6 Å². The minimum absolute atomic E-state index is 0.315. The molecule has 4 N–H and O–H groups in total. The molecule has 0 amide bonds. The van der Waals surface area contributed by atoms with Gasteiger partial charge in [-0.25, -0.2) is 14.4 Å². The van der Waals surface area contributed by atoms with Crippen LogP contribution in [0, 0.1) is 12.7 Å². The summed E-state index contributed by atoms with van der Waals surface area (Å²) in [5.74, 6) is 0.235. The van der Waals surface area contributed by atoms with Gasteiger partial charge in [0.1, 0.15) is 11.3 Å². The molecule has 0 atom stereocenters. The number of benzene rings is 2. The molecule has 5 rings (SSSR count). The van der Waals surface area contributed by atoms with Crippen molar-refractivity contribution in [1.29, 1.82) is 0 Å². The summed E-state index contributed by atoms with van der Waals surface area (Å²) in [6.07, 6.45) is 9.99. The summed E-state index contributed by atoms with van der Waals surface area (Å²) in [6.45, 7) is 26.5. The summed E-state index contributed by atoms with van der Waals surface area (Å²) in [6, 6.07) is 19.1. The van der Waals surface area contributed by atoms with Crippen LogP contribution in [0.4, 0.5) is 4.39 Å². The number of aromatic amines is 2. The highest BCUT2D eigenvalue weighted by Gasteiger charge is 2.20. The summed E-state index contributed by atoms with van der Waals surface area (Å²) < 4.78 is 14.6. The maximum atomic E-state index is 14.6. The van der Waals surface area contributed by atoms with Crippen LogP contribution >= 0.6 is 0 Å². The molecule has 0 radical (unpaired) electrons. The standard InChI is InChI=1S/C38H38FN7.C2H6.C2H4/c1-7-13-32(29-19-27(23-40-6)20-30(39)21-29)35-25(5)42-38(44-35)37-36-34(45-46-37)17-16-33(43-36)28(8-2)22-31(9-3)41-24(4)18-26-14-11-10-12-15-26;2*1-2/h7-17,19-22,40-41H,1,3-4,18,23H2,2,5-6H3,(H,42,44)(H,45,46);1-2H3;1-2H2/b28-8+,31-22+,32-13-;;. The maximum Gasteiger partial charge on any atom is 0.161 e. The van der Waals surface area contributed by atoms with Crippen LogP contribution in [-0.4, -0.2) is 32.2 Å². The molecule has 258 valence electrons. The number of rotatable bonds is 13. The van der Waals surface area contributed by atoms with E-state index in [9.17, 15) is 4.39 Å². The Balaban J connectivity index is 0.00000163. The Hall–Kier alpha value is -5.86. The van der Waals surface area contributed by atoms with Crippen molar-refractivity contribution in [1.82, 2.24) is 35.8 Å². The molecule has 5 aromatic rings. The number of H-pyrrole nitrogens is 2. The van der Waals surface area contributed by atoms with Gasteiger partial charge in [0.2, 0.25) is 0 Å². The number of nitrogens with zero attached hydrogens (tertiary/aromatic N) is 3. The van der Waals surface area contributed by atoms with Crippen LogP contribution < -0.4 is 10.6 Å². The third kappa shape index (κ3) is 9.61. The number of imidazole rings is 1. The van der Waals surface area contributed by atoms with E-state index < -0.39 is 0 Å². The minimum Gasteiger partial charge on any atom is -0.359 e. The second-order valence-electron chi connectivity index (χ2n) is 10.9. The zero-order valence-electron chi connectivity index (χ0n) is 29.8. The van der Waals surface area contributed by atoms with Gasteiger partial charge in [0.25, 0.3) is 0 Å². The number of nitrogens with one attached hydrogen (secondary N) is 4. The SMILES string of the molecule is C=C.C=C/C=C(/c1cc(F)cc(CNC)c1)c1nc(-c2n[nH]c3ccc(C(/C=C(\C=C)NC(=C)Cc4ccccc4)=C/C)nc23)[nH]c1C.CC. The number of hydrogen-bond donors (Lipinski definition) is 4. The normalized spacial score (nSPS) is 11.6. The highest BCUT2D eigenvalue weighted by Crippen LogP contribution is 2.31. The van der Waals surface area contributed by atoms with Gasteiger partial charge in [-0.15, -0.1) is 13.2 Å². The summed E-state index contributed by atoms with van der Waals surface area (Å²) in [7, 11) is 1.83. The van der Waals surface area contributed by atoms with E-state index in [-0.39, 0.29) is 5.82 Å². The molecular formula is C42H48FN7. The molecule has 0 bridgehead atoms. The molecule has 0 aliphatic carbocycles. The first kappa shape index (κ1) is 38.6. The van der Waals surface area contributed by atoms with Crippen LogP contribution in [-0.2, 0) is 13.0 Å². The van der Waals surface area contributed by atoms with Crippen molar-refractivity contribution >= 4 is 22.2 Å². The van der Waals surface area contributed by atoms with Gasteiger partial charge < -0.3 is 15.6 Å². The number of halogens is 1. The minimum atomic E-state index is -0.315. The number of hydrogen-bond acceptors (Lipinski definition) is 5. The lowest BCUT2D eigenvalue weighted by atomic mass is 9.98. The van der Waals surface area contributed by atoms with E-state index in [1.165, 1.54) is 17.7 Å². The number of pyridine rings is 1. The lowest BCUT2D eigenvalue weighted by Gasteiger charge is -2.12. The van der Waals surface area contributed by atoms with Gasteiger partial charge in [-0.3, -0.25) is 5.10 Å².